The zero-order valence-corrected chi connectivity index (χ0v) is 32.9. The number of hydrogen-bond donors (Lipinski definition) is 0. The summed E-state index contributed by atoms with van der Waals surface area (Å²) in [4.78, 5) is 15.1. The van der Waals surface area contributed by atoms with E-state index in [0.717, 1.165) is 0 Å². The monoisotopic (exact) mass is 780 g/mol. The minimum absolute atomic E-state index is 0.0222. The van der Waals surface area contributed by atoms with E-state index in [2.05, 4.69) is 12.1 Å². The van der Waals surface area contributed by atoms with E-state index in [1.54, 1.807) is 0 Å². The lowest BCUT2D eigenvalue weighted by Gasteiger charge is -2.53. The molecule has 8 aromatic rings. The van der Waals surface area contributed by atoms with Crippen LogP contribution in [0, 0.1) is 0 Å². The number of rotatable bonds is 7. The number of para-hydroxylation sites is 4. The van der Waals surface area contributed by atoms with Crippen molar-refractivity contribution in [3.63, 3.8) is 0 Å². The van der Waals surface area contributed by atoms with Crippen LogP contribution in [0.1, 0.15) is 118 Å². The number of benzene rings is 5. The van der Waals surface area contributed by atoms with Crippen LogP contribution in [0.3, 0.4) is 0 Å². The van der Waals surface area contributed by atoms with Crippen LogP contribution >= 0.6 is 0 Å². The van der Waals surface area contributed by atoms with Gasteiger partial charge in [0.15, 0.2) is 5.82 Å². The lowest BCUT2D eigenvalue weighted by Crippen LogP contribution is -2.60. The Labute approximate surface area is 359 Å². The van der Waals surface area contributed by atoms with E-state index >= 15 is 0 Å². The standard InChI is InChI=1S/C51H53N5Si/c1-4-20-37(21-5-1)57(38-22-6-2-7-23-38,39-24-8-3-9-25-39)40-26-18-19-36(35-40)49-52-50(55-45-31-14-10-27-41(45)42-28-11-15-32-46(42)55)54-51(53-49)56-47-33-16-12-29-43(47)44-30-13-17-34-48(44)56/h10-19,26-35,37-39H,1-9,20-25H2/i10D,11D,12D,13D,14D,15D,16D,17D,27D,28D,29D,30D,31D,32D,33D,34D. The minimum Gasteiger partial charge on any atom is -0.278 e. The summed E-state index contributed by atoms with van der Waals surface area (Å²) in [5.74, 6) is -0.714. The quantitative estimate of drug-likeness (QED) is 0.151. The smallest absolute Gasteiger partial charge is 0.240 e. The molecule has 3 aromatic heterocycles. The molecule has 5 nitrogen and oxygen atoms in total. The molecule has 3 saturated carbocycles. The topological polar surface area (TPSA) is 48.5 Å². The summed E-state index contributed by atoms with van der Waals surface area (Å²) in [6, 6.07) is -1.29. The molecule has 0 spiro atoms. The Morgan fingerprint density at radius 1 is 0.456 bits per heavy atom. The lowest BCUT2D eigenvalue weighted by atomic mass is 9.98. The average molecular weight is 780 g/mol. The highest BCUT2D eigenvalue weighted by Crippen LogP contribution is 2.56. The SMILES string of the molecule is [2H]c1c([2H])c([2H])c2c(c1[2H])c1c([2H])c([2H])c([2H])c([2H])c1n2-c1nc(-c2cccc([Si](C3CCCCC3)(C3CCCCC3)C3CCCCC3)c2)nc(-n2c3c([2H])c([2H])c([2H])c([2H])c3c3c([2H])c([2H])c([2H])c([2H])c32)n1. The zero-order valence-electron chi connectivity index (χ0n) is 47.9. The van der Waals surface area contributed by atoms with Crippen molar-refractivity contribution in [3.8, 4) is 23.3 Å². The lowest BCUT2D eigenvalue weighted by molar-refractivity contribution is 0.421. The van der Waals surface area contributed by atoms with Crippen LogP contribution in [0.15, 0.2) is 121 Å². The highest BCUT2D eigenvalue weighted by molar-refractivity contribution is 6.95. The summed E-state index contributed by atoms with van der Waals surface area (Å²) in [6.07, 6.45) is 17.9. The van der Waals surface area contributed by atoms with Crippen molar-refractivity contribution in [2.75, 3.05) is 0 Å². The fourth-order valence-corrected chi connectivity index (χ4v) is 19.6. The number of aromatic nitrogens is 5. The Morgan fingerprint density at radius 3 is 1.21 bits per heavy atom. The third-order valence-electron chi connectivity index (χ3n) is 13.5. The molecule has 3 aliphatic carbocycles. The molecule has 3 heterocycles. The van der Waals surface area contributed by atoms with E-state index < -0.39 is 105 Å². The van der Waals surface area contributed by atoms with Crippen molar-refractivity contribution in [2.45, 2.75) is 113 Å². The van der Waals surface area contributed by atoms with Crippen LogP contribution < -0.4 is 5.19 Å². The molecule has 286 valence electrons. The van der Waals surface area contributed by atoms with E-state index in [-0.39, 0.29) is 61.3 Å². The molecule has 0 amide bonds. The van der Waals surface area contributed by atoms with Gasteiger partial charge in [0.05, 0.1) is 52.1 Å². The van der Waals surface area contributed by atoms with Crippen LogP contribution in [-0.4, -0.2) is 32.2 Å². The van der Waals surface area contributed by atoms with Crippen LogP contribution in [0.4, 0.5) is 0 Å². The van der Waals surface area contributed by atoms with E-state index in [0.29, 0.717) is 22.2 Å². The van der Waals surface area contributed by atoms with Gasteiger partial charge < -0.3 is 0 Å². The molecule has 0 radical (unpaired) electrons. The Bertz CT molecular complexity index is 3250. The molecular weight excluding hydrogens is 711 g/mol. The second kappa shape index (κ2) is 14.7. The summed E-state index contributed by atoms with van der Waals surface area (Å²) >= 11 is 0. The van der Waals surface area contributed by atoms with Crippen molar-refractivity contribution in [1.82, 2.24) is 24.1 Å². The maximum absolute atomic E-state index is 9.33. The number of fused-ring (bicyclic) bond motifs is 6. The molecule has 0 saturated heterocycles. The number of nitrogens with zero attached hydrogens (tertiary/aromatic N) is 5. The molecule has 11 rings (SSSR count). The van der Waals surface area contributed by atoms with Gasteiger partial charge in [-0.05, 0) is 40.8 Å². The molecule has 0 bridgehead atoms. The fourth-order valence-electron chi connectivity index (χ4n) is 11.3. The van der Waals surface area contributed by atoms with Crippen LogP contribution in [0.25, 0.3) is 66.9 Å². The van der Waals surface area contributed by atoms with Gasteiger partial charge in [0.2, 0.25) is 11.9 Å². The third kappa shape index (κ3) is 5.80. The average Bonchev–Trinajstić information content (AvgIpc) is 3.98. The third-order valence-corrected chi connectivity index (χ3v) is 20.6. The van der Waals surface area contributed by atoms with E-state index in [9.17, 15) is 5.48 Å². The van der Waals surface area contributed by atoms with E-state index in [1.165, 1.54) is 111 Å². The molecule has 57 heavy (non-hydrogen) atoms. The first-order valence-electron chi connectivity index (χ1n) is 28.8. The van der Waals surface area contributed by atoms with Gasteiger partial charge in [-0.3, -0.25) is 9.13 Å². The molecular formula is C51H53N5Si. The van der Waals surface area contributed by atoms with Crippen LogP contribution in [-0.2, 0) is 0 Å². The summed E-state index contributed by atoms with van der Waals surface area (Å²) in [7, 11) is -2.43. The van der Waals surface area contributed by atoms with Crippen molar-refractivity contribution in [3.05, 3.63) is 121 Å². The molecule has 0 unspecified atom stereocenters. The molecule has 3 fully saturated rings. The van der Waals surface area contributed by atoms with Gasteiger partial charge in [0.25, 0.3) is 0 Å². The van der Waals surface area contributed by atoms with Crippen molar-refractivity contribution in [2.24, 2.45) is 0 Å². The maximum Gasteiger partial charge on any atom is 0.240 e. The van der Waals surface area contributed by atoms with Gasteiger partial charge in [0.1, 0.15) is 0 Å². The Hall–Kier alpha value is -5.07. The first-order chi connectivity index (χ1) is 34.9. The fraction of sp³-hybridized carbons (Fsp3) is 0.353. The van der Waals surface area contributed by atoms with Crippen molar-refractivity contribution in [1.29, 1.82) is 0 Å². The van der Waals surface area contributed by atoms with Gasteiger partial charge in [-0.1, -0.05) is 198 Å². The predicted molar refractivity (Wildman–Crippen MR) is 240 cm³/mol. The Kier molecular flexibility index (Phi) is 5.72. The summed E-state index contributed by atoms with van der Waals surface area (Å²) in [6.45, 7) is 0. The normalized spacial score (nSPS) is 21.9. The van der Waals surface area contributed by atoms with Gasteiger partial charge >= 0.3 is 0 Å². The number of hydrogen-bond acceptors (Lipinski definition) is 3. The van der Waals surface area contributed by atoms with Crippen LogP contribution in [0.2, 0.25) is 16.6 Å². The zero-order chi connectivity index (χ0) is 51.7. The Morgan fingerprint density at radius 2 is 0.825 bits per heavy atom. The largest absolute Gasteiger partial charge is 0.278 e. The van der Waals surface area contributed by atoms with Crippen molar-refractivity contribution >= 4 is 56.9 Å². The molecule has 0 atom stereocenters. The van der Waals surface area contributed by atoms with E-state index in [4.69, 9.17) is 31.4 Å². The predicted octanol–water partition coefficient (Wildman–Crippen LogP) is 13.4. The summed E-state index contributed by atoms with van der Waals surface area (Å²) in [5, 5.41) is 0.492. The first-order valence-corrected chi connectivity index (χ1v) is 23.1. The van der Waals surface area contributed by atoms with E-state index in [1.807, 2.05) is 12.1 Å². The Balaban J connectivity index is 1.30. The molecule has 0 aliphatic heterocycles. The van der Waals surface area contributed by atoms with Gasteiger partial charge in [-0.2, -0.15) is 15.0 Å². The van der Waals surface area contributed by atoms with Gasteiger partial charge in [-0.15, -0.1) is 0 Å². The molecule has 0 N–H and O–H groups in total. The summed E-state index contributed by atoms with van der Waals surface area (Å²) in [5.41, 5.74) is 1.24. The highest BCUT2D eigenvalue weighted by atomic mass is 28.3. The molecule has 3 aliphatic rings. The summed E-state index contributed by atoms with van der Waals surface area (Å²) < 4.78 is 146. The van der Waals surface area contributed by atoms with Crippen LogP contribution in [0.5, 0.6) is 0 Å². The first kappa shape index (κ1) is 22.2. The second-order valence-corrected chi connectivity index (χ2v) is 21.2. The minimum atomic E-state index is -2.43. The highest BCUT2D eigenvalue weighted by Gasteiger charge is 2.53. The van der Waals surface area contributed by atoms with Gasteiger partial charge in [0, 0.05) is 27.1 Å². The van der Waals surface area contributed by atoms with Gasteiger partial charge in [-0.25, -0.2) is 0 Å². The molecule has 5 aromatic carbocycles. The maximum atomic E-state index is 9.33. The second-order valence-electron chi connectivity index (χ2n) is 16.3. The van der Waals surface area contributed by atoms with Crippen molar-refractivity contribution < 1.29 is 21.9 Å². The molecule has 6 heteroatoms.